The largest absolute Gasteiger partial charge is 0.388 e. The number of nitrogens with zero attached hydrogens (tertiary/aromatic N) is 2. The van der Waals surface area contributed by atoms with E-state index < -0.39 is 6.10 Å². The number of aliphatic hydroxyl groups is 1. The van der Waals surface area contributed by atoms with Crippen LogP contribution in [0.3, 0.4) is 0 Å². The zero-order valence-corrected chi connectivity index (χ0v) is 11.1. The Labute approximate surface area is 117 Å². The van der Waals surface area contributed by atoms with Gasteiger partial charge >= 0.3 is 0 Å². The smallest absolute Gasteiger partial charge is 0.0890 e. The lowest BCUT2D eigenvalue weighted by Crippen LogP contribution is -2.00. The van der Waals surface area contributed by atoms with Crippen LogP contribution in [0, 0.1) is 0 Å². The molecule has 0 aliphatic rings. The Kier molecular flexibility index (Phi) is 3.70. The molecule has 2 aromatic carbocycles. The van der Waals surface area contributed by atoms with Gasteiger partial charge < -0.3 is 5.11 Å². The first-order valence-corrected chi connectivity index (χ1v) is 6.75. The number of aliphatic hydroxyl groups excluding tert-OH is 1. The Hall–Kier alpha value is -2.26. The van der Waals surface area contributed by atoms with Gasteiger partial charge in [-0.1, -0.05) is 36.4 Å². The molecule has 0 bridgehead atoms. The van der Waals surface area contributed by atoms with Crippen LogP contribution in [0.25, 0.3) is 11.0 Å². The lowest BCUT2D eigenvalue weighted by molar-refractivity contribution is 0.168. The van der Waals surface area contributed by atoms with Crippen LogP contribution in [0.5, 0.6) is 0 Å². The molecule has 1 heterocycles. The molecule has 0 saturated carbocycles. The predicted octanol–water partition coefficient (Wildman–Crippen LogP) is 3.30. The molecular weight excluding hydrogens is 248 g/mol. The fourth-order valence-electron chi connectivity index (χ4n) is 2.30. The van der Waals surface area contributed by atoms with E-state index in [1.165, 1.54) is 5.56 Å². The van der Waals surface area contributed by atoms with Crippen molar-refractivity contribution in [2.75, 3.05) is 0 Å². The van der Waals surface area contributed by atoms with Gasteiger partial charge in [0.1, 0.15) is 0 Å². The molecule has 3 rings (SSSR count). The van der Waals surface area contributed by atoms with Crippen LogP contribution in [-0.2, 0) is 6.42 Å². The predicted molar refractivity (Wildman–Crippen MR) is 79.3 cm³/mol. The molecule has 3 nitrogen and oxygen atoms in total. The van der Waals surface area contributed by atoms with Crippen molar-refractivity contribution >= 4 is 11.0 Å². The normalized spacial score (nSPS) is 12.4. The number of aromatic nitrogens is 2. The third-order valence-electron chi connectivity index (χ3n) is 3.43. The van der Waals surface area contributed by atoms with Gasteiger partial charge in [-0.2, -0.15) is 0 Å². The SMILES string of the molecule is OC(CCc1ccccc1)c1ccc2nccnc2c1. The van der Waals surface area contributed by atoms with Crippen LogP contribution in [-0.4, -0.2) is 15.1 Å². The second-order valence-corrected chi connectivity index (χ2v) is 4.84. The minimum absolute atomic E-state index is 0.471. The first kappa shape index (κ1) is 12.8. The zero-order chi connectivity index (χ0) is 13.8. The molecule has 1 aromatic heterocycles. The standard InChI is InChI=1S/C17H16N2O/c20-17(9-6-13-4-2-1-3-5-13)14-7-8-15-16(12-14)19-11-10-18-15/h1-5,7-8,10-12,17,20H,6,9H2. The summed E-state index contributed by atoms with van der Waals surface area (Å²) in [6.45, 7) is 0. The zero-order valence-electron chi connectivity index (χ0n) is 11.1. The highest BCUT2D eigenvalue weighted by Gasteiger charge is 2.09. The molecule has 0 radical (unpaired) electrons. The van der Waals surface area contributed by atoms with E-state index in [1.54, 1.807) is 12.4 Å². The first-order valence-electron chi connectivity index (χ1n) is 6.75. The molecule has 3 heteroatoms. The highest BCUT2D eigenvalue weighted by atomic mass is 16.3. The number of rotatable bonds is 4. The van der Waals surface area contributed by atoms with Gasteiger partial charge in [0.25, 0.3) is 0 Å². The van der Waals surface area contributed by atoms with E-state index in [0.717, 1.165) is 23.0 Å². The number of hydrogen-bond acceptors (Lipinski definition) is 3. The average Bonchev–Trinajstić information content (AvgIpc) is 2.53. The van der Waals surface area contributed by atoms with Crippen molar-refractivity contribution in [3.63, 3.8) is 0 Å². The van der Waals surface area contributed by atoms with Gasteiger partial charge in [0.15, 0.2) is 0 Å². The maximum atomic E-state index is 10.3. The van der Waals surface area contributed by atoms with Gasteiger partial charge in [-0.25, -0.2) is 0 Å². The van der Waals surface area contributed by atoms with Gasteiger partial charge in [0.2, 0.25) is 0 Å². The fraction of sp³-hybridized carbons (Fsp3) is 0.176. The van der Waals surface area contributed by atoms with Crippen LogP contribution in [0.15, 0.2) is 60.9 Å². The third-order valence-corrected chi connectivity index (χ3v) is 3.43. The Bertz CT molecular complexity index is 697. The van der Waals surface area contributed by atoms with Crippen LogP contribution in [0.1, 0.15) is 23.7 Å². The molecular formula is C17H16N2O. The molecule has 0 spiro atoms. The molecule has 3 aromatic rings. The second-order valence-electron chi connectivity index (χ2n) is 4.84. The van der Waals surface area contributed by atoms with Gasteiger partial charge in [0.05, 0.1) is 17.1 Å². The van der Waals surface area contributed by atoms with Crippen molar-refractivity contribution in [3.05, 3.63) is 72.1 Å². The summed E-state index contributed by atoms with van der Waals surface area (Å²) in [6.07, 6.45) is 4.44. The number of hydrogen-bond donors (Lipinski definition) is 1. The average molecular weight is 264 g/mol. The van der Waals surface area contributed by atoms with Gasteiger partial charge in [-0.15, -0.1) is 0 Å². The summed E-state index contributed by atoms with van der Waals surface area (Å²) in [6, 6.07) is 16.0. The number of fused-ring (bicyclic) bond motifs is 1. The maximum absolute atomic E-state index is 10.3. The molecule has 20 heavy (non-hydrogen) atoms. The Morgan fingerprint density at radius 3 is 2.45 bits per heavy atom. The summed E-state index contributed by atoms with van der Waals surface area (Å²) >= 11 is 0. The molecule has 0 saturated heterocycles. The van der Waals surface area contributed by atoms with Crippen molar-refractivity contribution in [1.82, 2.24) is 9.97 Å². The highest BCUT2D eigenvalue weighted by molar-refractivity contribution is 5.74. The van der Waals surface area contributed by atoms with Gasteiger partial charge in [-0.05, 0) is 36.1 Å². The molecule has 1 N–H and O–H groups in total. The quantitative estimate of drug-likeness (QED) is 0.786. The van der Waals surface area contributed by atoms with E-state index in [1.807, 2.05) is 36.4 Å². The van der Waals surface area contributed by atoms with E-state index in [0.29, 0.717) is 6.42 Å². The molecule has 1 unspecified atom stereocenters. The third kappa shape index (κ3) is 2.83. The summed E-state index contributed by atoms with van der Waals surface area (Å²) in [5, 5.41) is 10.3. The lowest BCUT2D eigenvalue weighted by Gasteiger charge is -2.11. The Balaban J connectivity index is 1.73. The Morgan fingerprint density at radius 2 is 1.65 bits per heavy atom. The van der Waals surface area contributed by atoms with E-state index in [4.69, 9.17) is 0 Å². The van der Waals surface area contributed by atoms with Crippen LogP contribution in [0.2, 0.25) is 0 Å². The molecule has 0 aliphatic carbocycles. The fourth-order valence-corrected chi connectivity index (χ4v) is 2.30. The van der Waals surface area contributed by atoms with Crippen molar-refractivity contribution in [3.8, 4) is 0 Å². The Morgan fingerprint density at radius 1 is 0.900 bits per heavy atom. The summed E-state index contributed by atoms with van der Waals surface area (Å²) < 4.78 is 0. The lowest BCUT2D eigenvalue weighted by atomic mass is 10.0. The topological polar surface area (TPSA) is 46.0 Å². The monoisotopic (exact) mass is 264 g/mol. The summed E-state index contributed by atoms with van der Waals surface area (Å²) in [5.74, 6) is 0. The van der Waals surface area contributed by atoms with Gasteiger partial charge in [-0.3, -0.25) is 9.97 Å². The number of aryl methyl sites for hydroxylation is 1. The summed E-state index contributed by atoms with van der Waals surface area (Å²) in [7, 11) is 0. The van der Waals surface area contributed by atoms with E-state index >= 15 is 0 Å². The van der Waals surface area contributed by atoms with Crippen LogP contribution < -0.4 is 0 Å². The van der Waals surface area contributed by atoms with E-state index in [9.17, 15) is 5.11 Å². The van der Waals surface area contributed by atoms with Crippen molar-refractivity contribution in [2.45, 2.75) is 18.9 Å². The van der Waals surface area contributed by atoms with Gasteiger partial charge in [0, 0.05) is 12.4 Å². The molecule has 100 valence electrons. The van der Waals surface area contributed by atoms with Crippen molar-refractivity contribution in [1.29, 1.82) is 0 Å². The highest BCUT2D eigenvalue weighted by Crippen LogP contribution is 2.21. The van der Waals surface area contributed by atoms with Crippen molar-refractivity contribution < 1.29 is 5.11 Å². The van der Waals surface area contributed by atoms with Crippen LogP contribution in [0.4, 0.5) is 0 Å². The summed E-state index contributed by atoms with van der Waals surface area (Å²) in [5.41, 5.74) is 3.82. The summed E-state index contributed by atoms with van der Waals surface area (Å²) in [4.78, 5) is 8.50. The number of benzene rings is 2. The van der Waals surface area contributed by atoms with E-state index in [-0.39, 0.29) is 0 Å². The first-order chi connectivity index (χ1) is 9.83. The van der Waals surface area contributed by atoms with E-state index in [2.05, 4.69) is 22.1 Å². The van der Waals surface area contributed by atoms with Crippen molar-refractivity contribution in [2.24, 2.45) is 0 Å². The molecule has 0 amide bonds. The minimum Gasteiger partial charge on any atom is -0.388 e. The minimum atomic E-state index is -0.471. The molecule has 1 atom stereocenters. The molecule has 0 fully saturated rings. The second kappa shape index (κ2) is 5.80. The molecule has 0 aliphatic heterocycles. The maximum Gasteiger partial charge on any atom is 0.0890 e. The van der Waals surface area contributed by atoms with Crippen LogP contribution >= 0.6 is 0 Å².